The fourth-order valence-electron chi connectivity index (χ4n) is 2.82. The summed E-state index contributed by atoms with van der Waals surface area (Å²) in [6.45, 7) is 3.90. The SMILES string of the molecule is Cc1ccccc1C(=O)Nc1ccc2sc3[n+](c2c1)CCN3.[Cl-]. The van der Waals surface area contributed by atoms with Gasteiger partial charge in [0.05, 0.1) is 4.70 Å². The van der Waals surface area contributed by atoms with Gasteiger partial charge in [-0.1, -0.05) is 18.2 Å². The number of nitrogens with one attached hydrogen (secondary N) is 2. The smallest absolute Gasteiger partial charge is 0.335 e. The Morgan fingerprint density at radius 1 is 1.26 bits per heavy atom. The van der Waals surface area contributed by atoms with Gasteiger partial charge in [-0.2, -0.15) is 0 Å². The number of fused-ring (bicyclic) bond motifs is 3. The second kappa shape index (κ2) is 6.18. The highest BCUT2D eigenvalue weighted by Crippen LogP contribution is 2.28. The van der Waals surface area contributed by atoms with Gasteiger partial charge >= 0.3 is 5.13 Å². The maximum absolute atomic E-state index is 12.4. The van der Waals surface area contributed by atoms with E-state index in [-0.39, 0.29) is 18.3 Å². The quantitative estimate of drug-likeness (QED) is 0.651. The summed E-state index contributed by atoms with van der Waals surface area (Å²) in [7, 11) is 0. The molecule has 23 heavy (non-hydrogen) atoms. The van der Waals surface area contributed by atoms with Gasteiger partial charge in [0.1, 0.15) is 18.6 Å². The highest BCUT2D eigenvalue weighted by atomic mass is 35.5. The van der Waals surface area contributed by atoms with Crippen LogP contribution >= 0.6 is 11.3 Å². The molecule has 1 aliphatic heterocycles. The van der Waals surface area contributed by atoms with Gasteiger partial charge in [-0.05, 0) is 42.0 Å². The number of thiazole rings is 1. The molecule has 1 aromatic heterocycles. The predicted molar refractivity (Wildman–Crippen MR) is 89.6 cm³/mol. The highest BCUT2D eigenvalue weighted by Gasteiger charge is 2.23. The second-order valence-electron chi connectivity index (χ2n) is 5.44. The van der Waals surface area contributed by atoms with E-state index in [1.807, 2.05) is 37.3 Å². The Kier molecular flexibility index (Phi) is 4.24. The van der Waals surface area contributed by atoms with Gasteiger partial charge in [0.15, 0.2) is 0 Å². The summed E-state index contributed by atoms with van der Waals surface area (Å²) in [5, 5.41) is 7.57. The van der Waals surface area contributed by atoms with Gasteiger partial charge in [0.25, 0.3) is 5.91 Å². The molecule has 4 rings (SSSR count). The third kappa shape index (κ3) is 2.78. The van der Waals surface area contributed by atoms with Gasteiger partial charge < -0.3 is 17.7 Å². The standard InChI is InChI=1S/C17H15N3OS.ClH/c1-11-4-2-3-5-13(11)16(21)19-12-6-7-15-14(10-12)20-9-8-18-17(20)22-15;/h2-7,10H,8-9H2,1H3,(H,19,21);1H. The van der Waals surface area contributed by atoms with Crippen molar-refractivity contribution in [2.75, 3.05) is 17.2 Å². The van der Waals surface area contributed by atoms with Crippen molar-refractivity contribution in [2.24, 2.45) is 0 Å². The Labute approximate surface area is 144 Å². The van der Waals surface area contributed by atoms with Gasteiger partial charge in [-0.25, -0.2) is 4.57 Å². The van der Waals surface area contributed by atoms with E-state index < -0.39 is 0 Å². The Hall–Kier alpha value is -2.11. The maximum Gasteiger partial charge on any atom is 0.335 e. The van der Waals surface area contributed by atoms with Crippen molar-refractivity contribution in [3.63, 3.8) is 0 Å². The first-order valence-electron chi connectivity index (χ1n) is 7.29. The van der Waals surface area contributed by atoms with Crippen LogP contribution in [0.25, 0.3) is 10.2 Å². The molecule has 2 aromatic carbocycles. The lowest BCUT2D eigenvalue weighted by Gasteiger charge is -2.07. The maximum atomic E-state index is 12.4. The van der Waals surface area contributed by atoms with Crippen molar-refractivity contribution >= 4 is 38.3 Å². The fraction of sp³-hybridized carbons (Fsp3) is 0.176. The average Bonchev–Trinajstić information content (AvgIpc) is 3.08. The number of carbonyl (C=O) groups is 1. The molecule has 0 saturated heterocycles. The minimum atomic E-state index is -0.0625. The molecule has 0 bridgehead atoms. The Morgan fingerprint density at radius 3 is 2.91 bits per heavy atom. The molecule has 0 atom stereocenters. The molecule has 6 heteroatoms. The number of benzene rings is 2. The van der Waals surface area contributed by atoms with Crippen LogP contribution in [-0.4, -0.2) is 12.5 Å². The van der Waals surface area contributed by atoms with Gasteiger partial charge in [0, 0.05) is 17.3 Å². The van der Waals surface area contributed by atoms with Crippen molar-refractivity contribution in [1.29, 1.82) is 0 Å². The number of rotatable bonds is 2. The van der Waals surface area contributed by atoms with E-state index >= 15 is 0 Å². The predicted octanol–water partition coefficient (Wildman–Crippen LogP) is 0.179. The van der Waals surface area contributed by atoms with E-state index in [9.17, 15) is 4.79 Å². The lowest BCUT2D eigenvalue weighted by molar-refractivity contribution is -0.640. The lowest BCUT2D eigenvalue weighted by atomic mass is 10.1. The van der Waals surface area contributed by atoms with Crippen molar-refractivity contribution in [2.45, 2.75) is 13.5 Å². The van der Waals surface area contributed by atoms with Crippen molar-refractivity contribution in [3.05, 3.63) is 53.6 Å². The molecular weight excluding hydrogens is 330 g/mol. The number of aromatic nitrogens is 1. The minimum Gasteiger partial charge on any atom is -1.00 e. The third-order valence-electron chi connectivity index (χ3n) is 3.96. The number of amides is 1. The van der Waals surface area contributed by atoms with Crippen LogP contribution in [0, 0.1) is 6.92 Å². The minimum absolute atomic E-state index is 0. The molecule has 2 heterocycles. The van der Waals surface area contributed by atoms with E-state index in [1.165, 1.54) is 15.3 Å². The van der Waals surface area contributed by atoms with Crippen LogP contribution in [-0.2, 0) is 6.54 Å². The summed E-state index contributed by atoms with van der Waals surface area (Å²) in [6.07, 6.45) is 0. The molecule has 1 aliphatic rings. The molecule has 0 aliphatic carbocycles. The summed E-state index contributed by atoms with van der Waals surface area (Å²) in [5.41, 5.74) is 3.71. The van der Waals surface area contributed by atoms with Crippen LogP contribution in [0.15, 0.2) is 42.5 Å². The molecule has 0 radical (unpaired) electrons. The normalized spacial score (nSPS) is 12.4. The van der Waals surface area contributed by atoms with Crippen molar-refractivity contribution in [1.82, 2.24) is 0 Å². The molecule has 4 nitrogen and oxygen atoms in total. The molecule has 118 valence electrons. The van der Waals surface area contributed by atoms with Crippen molar-refractivity contribution < 1.29 is 21.8 Å². The van der Waals surface area contributed by atoms with Crippen LogP contribution in [0.1, 0.15) is 15.9 Å². The van der Waals surface area contributed by atoms with Crippen molar-refractivity contribution in [3.8, 4) is 0 Å². The van der Waals surface area contributed by atoms with Crippen LogP contribution in [0.2, 0.25) is 0 Å². The average molecular weight is 346 g/mol. The number of anilines is 2. The van der Waals surface area contributed by atoms with Crippen LogP contribution in [0.3, 0.4) is 0 Å². The van der Waals surface area contributed by atoms with E-state index in [0.29, 0.717) is 5.56 Å². The van der Waals surface area contributed by atoms with Gasteiger partial charge in [-0.3, -0.25) is 10.1 Å². The molecular formula is C17H16ClN3OS. The third-order valence-corrected chi connectivity index (χ3v) is 5.08. The fourth-order valence-corrected chi connectivity index (χ4v) is 3.91. The number of aryl methyl sites for hydroxylation is 1. The van der Waals surface area contributed by atoms with Gasteiger partial charge in [-0.15, -0.1) is 0 Å². The van der Waals surface area contributed by atoms with Crippen LogP contribution < -0.4 is 27.6 Å². The van der Waals surface area contributed by atoms with E-state index in [4.69, 9.17) is 0 Å². The zero-order valence-electron chi connectivity index (χ0n) is 12.6. The van der Waals surface area contributed by atoms with E-state index in [1.54, 1.807) is 11.3 Å². The molecule has 0 spiro atoms. The molecule has 3 aromatic rings. The number of nitrogens with zero attached hydrogens (tertiary/aromatic N) is 1. The first-order chi connectivity index (χ1) is 10.7. The number of halogens is 1. The van der Waals surface area contributed by atoms with Gasteiger partial charge in [0.2, 0.25) is 0 Å². The Morgan fingerprint density at radius 2 is 2.09 bits per heavy atom. The highest BCUT2D eigenvalue weighted by molar-refractivity contribution is 7.21. The lowest BCUT2D eigenvalue weighted by Crippen LogP contribution is -3.00. The number of hydrogen-bond acceptors (Lipinski definition) is 3. The Bertz CT molecular complexity index is 891. The summed E-state index contributed by atoms with van der Waals surface area (Å²) >= 11 is 1.75. The second-order valence-corrected chi connectivity index (χ2v) is 6.47. The van der Waals surface area contributed by atoms with E-state index in [2.05, 4.69) is 27.3 Å². The molecule has 1 amide bonds. The number of carbonyl (C=O) groups excluding carboxylic acids is 1. The summed E-state index contributed by atoms with van der Waals surface area (Å²) < 4.78 is 3.50. The number of hydrogen-bond donors (Lipinski definition) is 2. The molecule has 0 fully saturated rings. The molecule has 2 N–H and O–H groups in total. The zero-order chi connectivity index (χ0) is 15.1. The molecule has 0 unspecified atom stereocenters. The molecule has 0 saturated carbocycles. The Balaban J connectivity index is 0.00000156. The summed E-state index contributed by atoms with van der Waals surface area (Å²) in [4.78, 5) is 12.4. The summed E-state index contributed by atoms with van der Waals surface area (Å²) in [6, 6.07) is 13.7. The first kappa shape index (κ1) is 15.8. The van der Waals surface area contributed by atoms with Crippen LogP contribution in [0.5, 0.6) is 0 Å². The summed E-state index contributed by atoms with van der Waals surface area (Å²) in [5.74, 6) is -0.0625. The van der Waals surface area contributed by atoms with Crippen LogP contribution in [0.4, 0.5) is 10.8 Å². The topological polar surface area (TPSA) is 45.0 Å². The monoisotopic (exact) mass is 345 g/mol. The van der Waals surface area contributed by atoms with E-state index in [0.717, 1.165) is 24.3 Å². The largest absolute Gasteiger partial charge is 1.00 e. The first-order valence-corrected chi connectivity index (χ1v) is 8.11. The zero-order valence-corrected chi connectivity index (χ0v) is 14.2.